The summed E-state index contributed by atoms with van der Waals surface area (Å²) >= 11 is 6.06. The van der Waals surface area contributed by atoms with Crippen LogP contribution in [0.4, 0.5) is 5.82 Å². The van der Waals surface area contributed by atoms with E-state index in [-0.39, 0.29) is 11.7 Å². The Morgan fingerprint density at radius 1 is 1.07 bits per heavy atom. The first-order chi connectivity index (χ1) is 13.0. The Labute approximate surface area is 162 Å². The highest BCUT2D eigenvalue weighted by Gasteiger charge is 2.21. The number of nitrogens with zero attached hydrogens (tertiary/aromatic N) is 2. The van der Waals surface area contributed by atoms with Crippen molar-refractivity contribution in [3.8, 4) is 17.0 Å². The summed E-state index contributed by atoms with van der Waals surface area (Å²) in [6, 6.07) is 14.9. The highest BCUT2D eigenvalue weighted by atomic mass is 35.5. The van der Waals surface area contributed by atoms with E-state index in [1.807, 2.05) is 24.3 Å². The molecule has 1 amide bonds. The van der Waals surface area contributed by atoms with Crippen molar-refractivity contribution >= 4 is 23.3 Å². The number of para-hydroxylation sites is 1. The van der Waals surface area contributed by atoms with E-state index in [2.05, 4.69) is 29.5 Å². The first kappa shape index (κ1) is 18.9. The lowest BCUT2D eigenvalue weighted by molar-refractivity contribution is -0.122. The van der Waals surface area contributed by atoms with E-state index in [4.69, 9.17) is 21.0 Å². The number of carbonyl (C=O) groups is 1. The van der Waals surface area contributed by atoms with Crippen molar-refractivity contribution in [3.05, 3.63) is 59.1 Å². The third-order valence-corrected chi connectivity index (χ3v) is 4.40. The molecule has 27 heavy (non-hydrogen) atoms. The highest BCUT2D eigenvalue weighted by Crippen LogP contribution is 2.27. The number of rotatable bonds is 6. The minimum atomic E-state index is -0.780. The molecule has 1 N–H and O–H groups in total. The van der Waals surface area contributed by atoms with Crippen molar-refractivity contribution in [1.82, 2.24) is 10.3 Å². The van der Waals surface area contributed by atoms with Gasteiger partial charge in [-0.3, -0.25) is 4.79 Å². The molecule has 2 aromatic carbocycles. The SMILES string of the molecule is CC(C)c1ccc(-c2nonc2NC(=O)[C@@H](C)Oc2ccccc2Cl)cc1. The van der Waals surface area contributed by atoms with Crippen molar-refractivity contribution < 1.29 is 14.2 Å². The van der Waals surface area contributed by atoms with Crippen LogP contribution < -0.4 is 10.1 Å². The standard InChI is InChI=1S/C20H20ClN3O3/c1-12(2)14-8-10-15(11-9-14)18-19(24-27-23-18)22-20(25)13(3)26-17-7-5-4-6-16(17)21/h4-13H,1-3H3,(H,22,24,25)/t13-/m1/s1. The summed E-state index contributed by atoms with van der Waals surface area (Å²) in [6.07, 6.45) is -0.780. The first-order valence-electron chi connectivity index (χ1n) is 8.60. The maximum atomic E-state index is 12.5. The molecule has 1 heterocycles. The van der Waals surface area contributed by atoms with Gasteiger partial charge in [-0.1, -0.05) is 61.8 Å². The topological polar surface area (TPSA) is 77.3 Å². The van der Waals surface area contributed by atoms with E-state index < -0.39 is 6.10 Å². The van der Waals surface area contributed by atoms with Crippen LogP contribution in [0.2, 0.25) is 5.02 Å². The Hall–Kier alpha value is -2.86. The molecule has 1 aromatic heterocycles. The molecule has 140 valence electrons. The lowest BCUT2D eigenvalue weighted by Crippen LogP contribution is -2.30. The van der Waals surface area contributed by atoms with Crippen LogP contribution in [0.25, 0.3) is 11.3 Å². The lowest BCUT2D eigenvalue weighted by atomic mass is 10.0. The fourth-order valence-electron chi connectivity index (χ4n) is 2.49. The van der Waals surface area contributed by atoms with E-state index in [1.54, 1.807) is 31.2 Å². The van der Waals surface area contributed by atoms with Gasteiger partial charge >= 0.3 is 0 Å². The summed E-state index contributed by atoms with van der Waals surface area (Å²) < 4.78 is 10.4. The predicted octanol–water partition coefficient (Wildman–Crippen LogP) is 4.92. The Morgan fingerprint density at radius 2 is 1.78 bits per heavy atom. The maximum absolute atomic E-state index is 12.5. The van der Waals surface area contributed by atoms with Gasteiger partial charge < -0.3 is 10.1 Å². The second-order valence-corrected chi connectivity index (χ2v) is 6.83. The second kappa shape index (κ2) is 8.22. The molecule has 0 fully saturated rings. The Morgan fingerprint density at radius 3 is 2.44 bits per heavy atom. The molecular weight excluding hydrogens is 366 g/mol. The monoisotopic (exact) mass is 385 g/mol. The van der Waals surface area contributed by atoms with E-state index in [1.165, 1.54) is 5.56 Å². The number of benzene rings is 2. The molecule has 1 atom stereocenters. The number of aromatic nitrogens is 2. The number of hydrogen-bond acceptors (Lipinski definition) is 5. The fourth-order valence-corrected chi connectivity index (χ4v) is 2.67. The van der Waals surface area contributed by atoms with Crippen LogP contribution in [0.3, 0.4) is 0 Å². The number of anilines is 1. The minimum Gasteiger partial charge on any atom is -0.479 e. The zero-order valence-electron chi connectivity index (χ0n) is 15.3. The molecule has 3 aromatic rings. The van der Waals surface area contributed by atoms with Gasteiger partial charge in [-0.2, -0.15) is 0 Å². The molecule has 0 bridgehead atoms. The Balaban J connectivity index is 1.72. The smallest absolute Gasteiger partial charge is 0.266 e. The van der Waals surface area contributed by atoms with Gasteiger partial charge in [0.1, 0.15) is 5.75 Å². The van der Waals surface area contributed by atoms with Gasteiger partial charge in [0.05, 0.1) is 5.02 Å². The van der Waals surface area contributed by atoms with Gasteiger partial charge in [-0.05, 0) is 40.9 Å². The van der Waals surface area contributed by atoms with Crippen molar-refractivity contribution in [2.24, 2.45) is 0 Å². The third-order valence-electron chi connectivity index (χ3n) is 4.09. The Bertz CT molecular complexity index is 922. The van der Waals surface area contributed by atoms with E-state index >= 15 is 0 Å². The van der Waals surface area contributed by atoms with E-state index in [0.717, 1.165) is 5.56 Å². The Kier molecular flexibility index (Phi) is 5.76. The van der Waals surface area contributed by atoms with Crippen LogP contribution in [0.5, 0.6) is 5.75 Å². The quantitative estimate of drug-likeness (QED) is 0.651. The molecule has 0 aliphatic carbocycles. The lowest BCUT2D eigenvalue weighted by Gasteiger charge is -2.14. The number of carbonyl (C=O) groups excluding carboxylic acids is 1. The summed E-state index contributed by atoms with van der Waals surface area (Å²) in [6.45, 7) is 5.88. The summed E-state index contributed by atoms with van der Waals surface area (Å²) in [4.78, 5) is 12.5. The number of amides is 1. The van der Waals surface area contributed by atoms with Crippen LogP contribution in [-0.2, 0) is 4.79 Å². The highest BCUT2D eigenvalue weighted by molar-refractivity contribution is 6.32. The summed E-state index contributed by atoms with van der Waals surface area (Å²) in [7, 11) is 0. The molecule has 0 saturated carbocycles. The van der Waals surface area contributed by atoms with E-state index in [9.17, 15) is 4.79 Å². The van der Waals surface area contributed by atoms with Crippen LogP contribution in [-0.4, -0.2) is 22.3 Å². The molecule has 7 heteroatoms. The minimum absolute atomic E-state index is 0.243. The average Bonchev–Trinajstić information content (AvgIpc) is 3.11. The molecule has 6 nitrogen and oxygen atoms in total. The number of ether oxygens (including phenoxy) is 1. The van der Waals surface area contributed by atoms with Gasteiger partial charge in [0.2, 0.25) is 5.82 Å². The molecular formula is C20H20ClN3O3. The molecule has 0 saturated heterocycles. The van der Waals surface area contributed by atoms with Crippen LogP contribution >= 0.6 is 11.6 Å². The summed E-state index contributed by atoms with van der Waals surface area (Å²) in [5.74, 6) is 0.721. The second-order valence-electron chi connectivity index (χ2n) is 6.42. The molecule has 0 aliphatic heterocycles. The molecule has 0 spiro atoms. The number of halogens is 1. The number of hydrogen-bond donors (Lipinski definition) is 1. The van der Waals surface area contributed by atoms with Gasteiger partial charge in [0.15, 0.2) is 11.8 Å². The van der Waals surface area contributed by atoms with Crippen LogP contribution in [0.15, 0.2) is 53.2 Å². The fraction of sp³-hybridized carbons (Fsp3) is 0.250. The van der Waals surface area contributed by atoms with Crippen molar-refractivity contribution in [2.45, 2.75) is 32.8 Å². The predicted molar refractivity (Wildman–Crippen MR) is 104 cm³/mol. The normalized spacial score (nSPS) is 12.0. The molecule has 0 aliphatic rings. The third kappa shape index (κ3) is 4.46. The van der Waals surface area contributed by atoms with Crippen LogP contribution in [0, 0.1) is 0 Å². The van der Waals surface area contributed by atoms with Gasteiger partial charge in [-0.25, -0.2) is 4.63 Å². The van der Waals surface area contributed by atoms with E-state index in [0.29, 0.717) is 22.4 Å². The largest absolute Gasteiger partial charge is 0.479 e. The zero-order valence-corrected chi connectivity index (χ0v) is 16.0. The number of nitrogens with one attached hydrogen (secondary N) is 1. The van der Waals surface area contributed by atoms with Gasteiger partial charge in [-0.15, -0.1) is 0 Å². The molecule has 0 unspecified atom stereocenters. The van der Waals surface area contributed by atoms with Crippen molar-refractivity contribution in [2.75, 3.05) is 5.32 Å². The van der Waals surface area contributed by atoms with Crippen molar-refractivity contribution in [1.29, 1.82) is 0 Å². The first-order valence-corrected chi connectivity index (χ1v) is 8.98. The average molecular weight is 386 g/mol. The summed E-state index contributed by atoms with van der Waals surface area (Å²) in [5.41, 5.74) is 2.47. The van der Waals surface area contributed by atoms with Crippen molar-refractivity contribution in [3.63, 3.8) is 0 Å². The molecule has 3 rings (SSSR count). The maximum Gasteiger partial charge on any atom is 0.266 e. The van der Waals surface area contributed by atoms with Crippen LogP contribution in [0.1, 0.15) is 32.3 Å². The zero-order chi connectivity index (χ0) is 19.4. The van der Waals surface area contributed by atoms with Gasteiger partial charge in [0, 0.05) is 5.56 Å². The van der Waals surface area contributed by atoms with Gasteiger partial charge in [0.25, 0.3) is 5.91 Å². The molecule has 0 radical (unpaired) electrons. The summed E-state index contributed by atoms with van der Waals surface area (Å²) in [5, 5.41) is 10.8.